The van der Waals surface area contributed by atoms with Crippen LogP contribution in [-0.2, 0) is 6.54 Å². The van der Waals surface area contributed by atoms with Crippen molar-refractivity contribution in [3.8, 4) is 0 Å². The standard InChI is InChI=1S/C16H17BrN4/c1-11-6-7-13(14(17)9-11)10-18-12(2)16-20-19-15-5-3-4-8-21(15)16/h3-9,12,18H,10H2,1-2H3. The van der Waals surface area contributed by atoms with Crippen LogP contribution in [0.2, 0.25) is 0 Å². The molecular formula is C16H17BrN4. The predicted molar refractivity (Wildman–Crippen MR) is 87.1 cm³/mol. The van der Waals surface area contributed by atoms with Crippen LogP contribution in [0.5, 0.6) is 0 Å². The molecule has 0 radical (unpaired) electrons. The maximum atomic E-state index is 4.28. The van der Waals surface area contributed by atoms with Crippen molar-refractivity contribution < 1.29 is 0 Å². The first kappa shape index (κ1) is 14.2. The van der Waals surface area contributed by atoms with Gasteiger partial charge < -0.3 is 5.32 Å². The van der Waals surface area contributed by atoms with E-state index in [4.69, 9.17) is 0 Å². The molecule has 0 amide bonds. The number of hydrogen-bond donors (Lipinski definition) is 1. The van der Waals surface area contributed by atoms with Gasteiger partial charge in [0.15, 0.2) is 11.5 Å². The Kier molecular flexibility index (Phi) is 4.03. The van der Waals surface area contributed by atoms with Crippen LogP contribution in [-0.4, -0.2) is 14.6 Å². The number of pyridine rings is 1. The number of halogens is 1. The summed E-state index contributed by atoms with van der Waals surface area (Å²) in [7, 11) is 0. The molecule has 3 aromatic rings. The van der Waals surface area contributed by atoms with Gasteiger partial charge in [-0.1, -0.05) is 34.1 Å². The molecule has 1 atom stereocenters. The average molecular weight is 345 g/mol. The highest BCUT2D eigenvalue weighted by atomic mass is 79.9. The average Bonchev–Trinajstić information content (AvgIpc) is 2.90. The van der Waals surface area contributed by atoms with Crippen molar-refractivity contribution in [3.63, 3.8) is 0 Å². The summed E-state index contributed by atoms with van der Waals surface area (Å²) in [4.78, 5) is 0. The third-order valence-corrected chi connectivity index (χ3v) is 4.27. The SMILES string of the molecule is Cc1ccc(CNC(C)c2nnc3ccccn23)c(Br)c1. The molecule has 1 unspecified atom stereocenters. The Bertz CT molecular complexity index is 766. The van der Waals surface area contributed by atoms with Crippen molar-refractivity contribution in [2.24, 2.45) is 0 Å². The Morgan fingerprint density at radius 3 is 2.90 bits per heavy atom. The van der Waals surface area contributed by atoms with Gasteiger partial charge in [0.1, 0.15) is 0 Å². The van der Waals surface area contributed by atoms with Gasteiger partial charge in [-0.25, -0.2) is 0 Å². The van der Waals surface area contributed by atoms with E-state index in [1.807, 2.05) is 28.8 Å². The molecule has 0 fully saturated rings. The van der Waals surface area contributed by atoms with Crippen LogP contribution in [0, 0.1) is 6.92 Å². The van der Waals surface area contributed by atoms with E-state index < -0.39 is 0 Å². The number of rotatable bonds is 4. The lowest BCUT2D eigenvalue weighted by Gasteiger charge is -2.13. The molecule has 5 heteroatoms. The second-order valence-electron chi connectivity index (χ2n) is 5.18. The molecular weight excluding hydrogens is 328 g/mol. The van der Waals surface area contributed by atoms with Gasteiger partial charge in [0.05, 0.1) is 6.04 Å². The molecule has 0 aliphatic rings. The van der Waals surface area contributed by atoms with Crippen LogP contribution in [0.3, 0.4) is 0 Å². The first-order valence-electron chi connectivity index (χ1n) is 6.93. The van der Waals surface area contributed by atoms with E-state index in [1.165, 1.54) is 11.1 Å². The lowest BCUT2D eigenvalue weighted by Crippen LogP contribution is -2.20. The minimum atomic E-state index is 0.121. The first-order valence-corrected chi connectivity index (χ1v) is 7.72. The lowest BCUT2D eigenvalue weighted by atomic mass is 10.1. The molecule has 21 heavy (non-hydrogen) atoms. The molecule has 0 saturated carbocycles. The molecule has 3 rings (SSSR count). The van der Waals surface area contributed by atoms with Crippen molar-refractivity contribution in [2.75, 3.05) is 0 Å². The Hall–Kier alpha value is -1.72. The van der Waals surface area contributed by atoms with Gasteiger partial charge in [0.2, 0.25) is 0 Å². The second kappa shape index (κ2) is 5.95. The zero-order valence-corrected chi connectivity index (χ0v) is 13.6. The molecule has 0 spiro atoms. The molecule has 1 N–H and O–H groups in total. The van der Waals surface area contributed by atoms with Gasteiger partial charge in [-0.2, -0.15) is 0 Å². The molecule has 2 aromatic heterocycles. The van der Waals surface area contributed by atoms with Crippen LogP contribution in [0.15, 0.2) is 47.1 Å². The summed E-state index contributed by atoms with van der Waals surface area (Å²) >= 11 is 3.61. The highest BCUT2D eigenvalue weighted by Gasteiger charge is 2.13. The maximum absolute atomic E-state index is 4.28. The normalized spacial score (nSPS) is 12.7. The number of hydrogen-bond acceptors (Lipinski definition) is 3. The van der Waals surface area contributed by atoms with Crippen molar-refractivity contribution >= 4 is 21.6 Å². The fourth-order valence-electron chi connectivity index (χ4n) is 2.31. The zero-order chi connectivity index (χ0) is 14.8. The number of nitrogens with zero attached hydrogens (tertiary/aromatic N) is 3. The fraction of sp³-hybridized carbons (Fsp3) is 0.250. The highest BCUT2D eigenvalue weighted by molar-refractivity contribution is 9.10. The van der Waals surface area contributed by atoms with Gasteiger partial charge in [-0.3, -0.25) is 4.40 Å². The number of fused-ring (bicyclic) bond motifs is 1. The third-order valence-electron chi connectivity index (χ3n) is 3.53. The van der Waals surface area contributed by atoms with Gasteiger partial charge in [-0.15, -0.1) is 10.2 Å². The third kappa shape index (κ3) is 2.99. The van der Waals surface area contributed by atoms with Gasteiger partial charge in [0.25, 0.3) is 0 Å². The van der Waals surface area contributed by atoms with Crippen LogP contribution >= 0.6 is 15.9 Å². The quantitative estimate of drug-likeness (QED) is 0.785. The van der Waals surface area contributed by atoms with Gasteiger partial charge >= 0.3 is 0 Å². The van der Waals surface area contributed by atoms with Crippen LogP contribution < -0.4 is 5.32 Å². The number of aryl methyl sites for hydroxylation is 1. The first-order chi connectivity index (χ1) is 10.1. The van der Waals surface area contributed by atoms with Crippen molar-refractivity contribution in [2.45, 2.75) is 26.4 Å². The van der Waals surface area contributed by atoms with Crippen molar-refractivity contribution in [3.05, 3.63) is 64.0 Å². The summed E-state index contributed by atoms with van der Waals surface area (Å²) in [6.45, 7) is 4.97. The predicted octanol–water partition coefficient (Wildman–Crippen LogP) is 3.65. The second-order valence-corrected chi connectivity index (χ2v) is 6.04. The smallest absolute Gasteiger partial charge is 0.160 e. The van der Waals surface area contributed by atoms with Crippen LogP contribution in [0.4, 0.5) is 0 Å². The molecule has 1 aromatic carbocycles. The summed E-state index contributed by atoms with van der Waals surface area (Å²) in [5.41, 5.74) is 3.36. The van der Waals surface area contributed by atoms with Crippen LogP contribution in [0.1, 0.15) is 29.9 Å². The Morgan fingerprint density at radius 2 is 2.10 bits per heavy atom. The Balaban J connectivity index is 1.76. The molecule has 2 heterocycles. The Labute approximate surface area is 132 Å². The summed E-state index contributed by atoms with van der Waals surface area (Å²) in [6.07, 6.45) is 1.99. The lowest BCUT2D eigenvalue weighted by molar-refractivity contribution is 0.541. The van der Waals surface area contributed by atoms with Crippen LogP contribution in [0.25, 0.3) is 5.65 Å². The van der Waals surface area contributed by atoms with E-state index in [0.29, 0.717) is 0 Å². The topological polar surface area (TPSA) is 42.2 Å². The monoisotopic (exact) mass is 344 g/mol. The van der Waals surface area contributed by atoms with E-state index in [9.17, 15) is 0 Å². The van der Waals surface area contributed by atoms with Gasteiger partial charge in [-0.05, 0) is 43.2 Å². The summed E-state index contributed by atoms with van der Waals surface area (Å²) in [5, 5.41) is 12.0. The summed E-state index contributed by atoms with van der Waals surface area (Å²) < 4.78 is 3.15. The van der Waals surface area contributed by atoms with E-state index in [0.717, 1.165) is 22.5 Å². The van der Waals surface area contributed by atoms with Gasteiger partial charge in [0, 0.05) is 17.2 Å². The highest BCUT2D eigenvalue weighted by Crippen LogP contribution is 2.19. The summed E-state index contributed by atoms with van der Waals surface area (Å²) in [6, 6.07) is 12.4. The van der Waals surface area contributed by atoms with E-state index >= 15 is 0 Å². The number of aromatic nitrogens is 3. The largest absolute Gasteiger partial charge is 0.303 e. The maximum Gasteiger partial charge on any atom is 0.160 e. The Morgan fingerprint density at radius 1 is 1.24 bits per heavy atom. The van der Waals surface area contributed by atoms with E-state index in [-0.39, 0.29) is 6.04 Å². The minimum Gasteiger partial charge on any atom is -0.303 e. The fourth-order valence-corrected chi connectivity index (χ4v) is 2.94. The minimum absolute atomic E-state index is 0.121. The van der Waals surface area contributed by atoms with E-state index in [2.05, 4.69) is 63.5 Å². The number of benzene rings is 1. The molecule has 0 aliphatic carbocycles. The molecule has 0 aliphatic heterocycles. The number of nitrogens with one attached hydrogen (secondary N) is 1. The zero-order valence-electron chi connectivity index (χ0n) is 12.0. The van der Waals surface area contributed by atoms with Crippen molar-refractivity contribution in [1.29, 1.82) is 0 Å². The van der Waals surface area contributed by atoms with E-state index in [1.54, 1.807) is 0 Å². The molecule has 108 valence electrons. The molecule has 0 bridgehead atoms. The molecule has 0 saturated heterocycles. The molecule has 4 nitrogen and oxygen atoms in total. The summed E-state index contributed by atoms with van der Waals surface area (Å²) in [5.74, 6) is 0.925. The van der Waals surface area contributed by atoms with Crippen molar-refractivity contribution in [1.82, 2.24) is 19.9 Å².